The van der Waals surface area contributed by atoms with Crippen molar-refractivity contribution >= 4 is 118 Å². The van der Waals surface area contributed by atoms with Crippen LogP contribution in [0.15, 0.2) is 24.3 Å². The molecule has 0 aliphatic carbocycles. The number of Topliss-reactive ketones (excluding diaryl/α,β-unsaturated/α-hetero) is 7. The predicted octanol–water partition coefficient (Wildman–Crippen LogP) is 1.94. The molecule has 1 aliphatic rings. The Morgan fingerprint density at radius 1 is 0.559 bits per heavy atom. The number of aliphatic carboxylic acids is 5. The molecule has 2 rings (SSSR count). The summed E-state index contributed by atoms with van der Waals surface area (Å²) in [6.07, 6.45) is -5.42. The second-order valence-corrected chi connectivity index (χ2v) is 26.8. The molecular formula is C69H102N8O24S. The van der Waals surface area contributed by atoms with Crippen molar-refractivity contribution in [3.8, 4) is 0 Å². The lowest BCUT2D eigenvalue weighted by atomic mass is 9.89. The molecule has 0 aromatic heterocycles. The van der Waals surface area contributed by atoms with Crippen LogP contribution in [-0.2, 0) is 92.7 Å². The Morgan fingerprint density at radius 3 is 1.57 bits per heavy atom. The van der Waals surface area contributed by atoms with E-state index < -0.39 is 213 Å². The maximum Gasteiger partial charge on any atom is 0.303 e. The van der Waals surface area contributed by atoms with Gasteiger partial charge < -0.3 is 67.9 Å². The van der Waals surface area contributed by atoms with Crippen LogP contribution in [0.2, 0.25) is 0 Å². The third kappa shape index (κ3) is 35.8. The van der Waals surface area contributed by atoms with E-state index in [1.54, 1.807) is 32.2 Å². The van der Waals surface area contributed by atoms with E-state index in [1.807, 2.05) is 18.7 Å². The number of ketones is 7. The molecule has 1 aromatic carbocycles. The molecule has 32 nitrogen and oxygen atoms in total. The zero-order valence-corrected chi connectivity index (χ0v) is 59.7. The van der Waals surface area contributed by atoms with E-state index in [0.29, 0.717) is 30.5 Å². The molecule has 0 unspecified atom stereocenters. The van der Waals surface area contributed by atoms with Gasteiger partial charge in [0.1, 0.15) is 0 Å². The van der Waals surface area contributed by atoms with E-state index in [0.717, 1.165) is 0 Å². The molecule has 6 amide bonds. The largest absolute Gasteiger partial charge is 0.481 e. The lowest BCUT2D eigenvalue weighted by Gasteiger charge is -2.27. The Balaban J connectivity index is 2.26. The van der Waals surface area contributed by atoms with Gasteiger partial charge in [0.2, 0.25) is 35.4 Å². The molecule has 0 saturated carbocycles. The molecule has 1 aromatic rings. The second kappa shape index (κ2) is 47.5. The number of nitrogens with zero attached hydrogens (tertiary/aromatic N) is 1. The molecule has 33 heteroatoms. The third-order valence-corrected chi connectivity index (χ3v) is 17.7. The van der Waals surface area contributed by atoms with E-state index >= 15 is 0 Å². The van der Waals surface area contributed by atoms with Gasteiger partial charge in [-0.3, -0.25) is 91.2 Å². The molecule has 0 radical (unpaired) electrons. The first-order valence-electron chi connectivity index (χ1n) is 34.2. The van der Waals surface area contributed by atoms with E-state index in [-0.39, 0.29) is 119 Å². The highest BCUT2D eigenvalue weighted by atomic mass is 32.2. The number of amides is 6. The summed E-state index contributed by atoms with van der Waals surface area (Å²) >= 11 is 1.30. The molecule has 10 atom stereocenters. The highest BCUT2D eigenvalue weighted by Gasteiger charge is 2.37. The Morgan fingerprint density at radius 2 is 1.06 bits per heavy atom. The zero-order chi connectivity index (χ0) is 76.8. The number of carboxylic acids is 5. The first-order valence-corrected chi connectivity index (χ1v) is 35.6. The van der Waals surface area contributed by atoms with Crippen molar-refractivity contribution in [2.75, 3.05) is 44.9 Å². The monoisotopic (exact) mass is 1460 g/mol. The Labute approximate surface area is 596 Å². The SMILES string of the molecule is CCC(=O)CNC(=O)[C@H](C)CC(=O)[C@H](CSC)NC(=O)CCC(=O)[C@H](CC(C)C)NC(=O)[C@@H]1CCCN1CCOCCCC(=O)[C@H](Cc1ccc(C(C)=O)cc1)NC(=O)[C@@H](CCC(=O)O)CC(=O)[C@@H](CCC(=O)O)NC(=O)[C@@H](CCC(=O)O)CC(=O)[C@@H](CCC(=O)O)NC(=O)[C@H](N)CCC(=O)O. The number of carbonyl (C=O) groups excluding carboxylic acids is 13. The van der Waals surface area contributed by atoms with Gasteiger partial charge in [0.05, 0.1) is 55.4 Å². The second-order valence-electron chi connectivity index (χ2n) is 25.9. The van der Waals surface area contributed by atoms with Crippen LogP contribution in [0.1, 0.15) is 185 Å². The van der Waals surface area contributed by atoms with Gasteiger partial charge in [0, 0.05) is 119 Å². The lowest BCUT2D eigenvalue weighted by Crippen LogP contribution is -2.50. The summed E-state index contributed by atoms with van der Waals surface area (Å²) in [5.41, 5.74) is 6.60. The minimum atomic E-state index is -1.77. The van der Waals surface area contributed by atoms with Gasteiger partial charge >= 0.3 is 29.8 Å². The molecule has 102 heavy (non-hydrogen) atoms. The van der Waals surface area contributed by atoms with E-state index in [4.69, 9.17) is 15.6 Å². The van der Waals surface area contributed by atoms with E-state index in [9.17, 15) is 107 Å². The summed E-state index contributed by atoms with van der Waals surface area (Å²) in [4.78, 5) is 234. The van der Waals surface area contributed by atoms with Crippen LogP contribution in [0.4, 0.5) is 0 Å². The summed E-state index contributed by atoms with van der Waals surface area (Å²) in [6, 6.07) is -2.60. The number of thioether (sulfide) groups is 1. The first-order chi connectivity index (χ1) is 48.0. The van der Waals surface area contributed by atoms with Gasteiger partial charge in [0.15, 0.2) is 40.5 Å². The smallest absolute Gasteiger partial charge is 0.303 e. The number of rotatable bonds is 56. The average molecular weight is 1460 g/mol. The van der Waals surface area contributed by atoms with Crippen molar-refractivity contribution in [1.82, 2.24) is 36.8 Å². The van der Waals surface area contributed by atoms with Crippen LogP contribution >= 0.6 is 11.8 Å². The standard InChI is InChI=1S/C69H102N8O24S/c1-7-46(79)37-71-65(96)40(4)33-56(82)52(38-102-6)72-59(85)22-21-55(81)50(32-39(2)3)76-69(100)53-10-8-28-77(53)29-31-101-30-9-11-54(80)51(34-42-12-14-43(15-13-42)41(5)78)75-67(98)45(17-24-61(88)89)36-57(83)48(19-26-63(92)93)73-66(97)44(16-23-60(86)87)35-58(84)49(20-27-64(94)95)74-68(99)47(70)18-25-62(90)91/h12-15,39-40,44-45,47-53H,7-11,16-38,70H2,1-6H3,(H,71,96)(H,72,85)(H,73,97)(H,74,99)(H,75,98)(H,76,100)(H,86,87)(H,88,89)(H,90,91)(H,92,93)(H,94,95)/t40-,44+,45+,47-,48-,49-,50+,51+,52+,53+/m1/s1. The van der Waals surface area contributed by atoms with Crippen LogP contribution in [-0.4, -0.2) is 223 Å². The number of likely N-dealkylation sites (tertiary alicyclic amines) is 1. The molecule has 1 aliphatic heterocycles. The summed E-state index contributed by atoms with van der Waals surface area (Å²) in [5, 5.41) is 62.6. The minimum absolute atomic E-state index is 0.0188. The van der Waals surface area contributed by atoms with Crippen molar-refractivity contribution in [3.05, 3.63) is 35.4 Å². The number of ether oxygens (including phenoxy) is 1. The molecule has 1 heterocycles. The summed E-state index contributed by atoms with van der Waals surface area (Å²) in [6.45, 7) is 9.06. The highest BCUT2D eigenvalue weighted by Crippen LogP contribution is 2.23. The third-order valence-electron chi connectivity index (χ3n) is 17.0. The molecule has 13 N–H and O–H groups in total. The molecule has 568 valence electrons. The molecule has 1 saturated heterocycles. The summed E-state index contributed by atoms with van der Waals surface area (Å²) in [5.74, 6) is -19.1. The van der Waals surface area contributed by atoms with E-state index in [2.05, 4.69) is 31.9 Å². The van der Waals surface area contributed by atoms with Gasteiger partial charge in [-0.2, -0.15) is 11.8 Å². The minimum Gasteiger partial charge on any atom is -0.481 e. The predicted molar refractivity (Wildman–Crippen MR) is 367 cm³/mol. The number of carbonyl (C=O) groups is 18. The molecule has 0 spiro atoms. The molecule has 0 bridgehead atoms. The van der Waals surface area contributed by atoms with Gasteiger partial charge in [-0.1, -0.05) is 52.0 Å². The van der Waals surface area contributed by atoms with Crippen LogP contribution in [0, 0.1) is 23.7 Å². The maximum absolute atomic E-state index is 14.4. The first kappa shape index (κ1) is 89.4. The van der Waals surface area contributed by atoms with Crippen molar-refractivity contribution in [3.63, 3.8) is 0 Å². The fraction of sp³-hybridized carbons (Fsp3) is 0.652. The number of hydrogen-bond acceptors (Lipinski definition) is 22. The van der Waals surface area contributed by atoms with Crippen LogP contribution < -0.4 is 37.6 Å². The number of hydrogen-bond donors (Lipinski definition) is 12. The van der Waals surface area contributed by atoms with Crippen molar-refractivity contribution in [2.45, 2.75) is 218 Å². The number of nitrogens with one attached hydrogen (secondary N) is 6. The molecular weight excluding hydrogens is 1360 g/mol. The fourth-order valence-electron chi connectivity index (χ4n) is 11.1. The van der Waals surface area contributed by atoms with Crippen molar-refractivity contribution in [1.29, 1.82) is 0 Å². The Bertz CT molecular complexity index is 3110. The van der Waals surface area contributed by atoms with Gasteiger partial charge in [-0.15, -0.1) is 0 Å². The van der Waals surface area contributed by atoms with E-state index in [1.165, 1.54) is 30.8 Å². The highest BCUT2D eigenvalue weighted by molar-refractivity contribution is 7.98. The number of benzene rings is 1. The number of carboxylic acid groups (broad SMARTS) is 5. The van der Waals surface area contributed by atoms with Gasteiger partial charge in [0.25, 0.3) is 0 Å². The van der Waals surface area contributed by atoms with Crippen LogP contribution in [0.5, 0.6) is 0 Å². The number of nitrogens with two attached hydrogens (primary N) is 1. The lowest BCUT2D eigenvalue weighted by molar-refractivity contribution is -0.141. The quantitative estimate of drug-likeness (QED) is 0.0327. The van der Waals surface area contributed by atoms with Crippen LogP contribution in [0.3, 0.4) is 0 Å². The topological polar surface area (TPSA) is 519 Å². The van der Waals surface area contributed by atoms with Crippen molar-refractivity contribution in [2.24, 2.45) is 29.4 Å². The van der Waals surface area contributed by atoms with Crippen LogP contribution in [0.25, 0.3) is 0 Å². The Kier molecular flexibility index (Phi) is 41.6. The van der Waals surface area contributed by atoms with Crippen molar-refractivity contribution < 1.29 is 117 Å². The van der Waals surface area contributed by atoms with Gasteiger partial charge in [-0.25, -0.2) is 0 Å². The summed E-state index contributed by atoms with van der Waals surface area (Å²) in [7, 11) is 0. The summed E-state index contributed by atoms with van der Waals surface area (Å²) < 4.78 is 5.92. The average Bonchev–Trinajstić information content (AvgIpc) is 1.45. The molecule has 1 fully saturated rings. The maximum atomic E-state index is 14.4. The Hall–Kier alpha value is -8.69. The fourth-order valence-corrected chi connectivity index (χ4v) is 11.7. The zero-order valence-electron chi connectivity index (χ0n) is 58.9. The normalized spacial score (nSPS) is 15.5. The van der Waals surface area contributed by atoms with Gasteiger partial charge in [-0.05, 0) is 95.4 Å².